The molecule has 0 unspecified atom stereocenters. The Hall–Kier alpha value is -0.190. The van der Waals surface area contributed by atoms with Gasteiger partial charge in [0.1, 0.15) is 6.61 Å². The van der Waals surface area contributed by atoms with Crippen LogP contribution in [0.3, 0.4) is 0 Å². The van der Waals surface area contributed by atoms with Crippen LogP contribution in [0.5, 0.6) is 0 Å². The van der Waals surface area contributed by atoms with Crippen LogP contribution in [0.25, 0.3) is 0 Å². The number of rotatable bonds is 6. The number of ketones is 1. The summed E-state index contributed by atoms with van der Waals surface area (Å²) in [5.41, 5.74) is 0. The molecule has 1 heterocycles. The van der Waals surface area contributed by atoms with Crippen molar-refractivity contribution < 1.29 is 9.53 Å². The van der Waals surface area contributed by atoms with Crippen molar-refractivity contribution in [2.45, 2.75) is 19.8 Å². The maximum absolute atomic E-state index is 11.5. The summed E-state index contributed by atoms with van der Waals surface area (Å²) in [5.74, 6) is 0.0583. The third-order valence-electron chi connectivity index (χ3n) is 1.75. The van der Waals surface area contributed by atoms with E-state index >= 15 is 0 Å². The Balaban J connectivity index is 2.32. The molecule has 0 aliphatic rings. The van der Waals surface area contributed by atoms with Crippen LogP contribution in [0, 0.1) is 0 Å². The minimum Gasteiger partial charge on any atom is -0.373 e. The number of unbranched alkanes of at least 4 members (excludes halogenated alkanes) is 1. The summed E-state index contributed by atoms with van der Waals surface area (Å²) in [6.07, 6.45) is 2.11. The van der Waals surface area contributed by atoms with Gasteiger partial charge in [0.25, 0.3) is 0 Å². The van der Waals surface area contributed by atoms with Gasteiger partial charge >= 0.3 is 0 Å². The van der Waals surface area contributed by atoms with E-state index in [4.69, 9.17) is 4.74 Å². The predicted octanol–water partition coefficient (Wildman–Crippen LogP) is 3.51. The summed E-state index contributed by atoms with van der Waals surface area (Å²) >= 11 is 4.77. The van der Waals surface area contributed by atoms with E-state index in [1.807, 2.05) is 11.4 Å². The van der Waals surface area contributed by atoms with Crippen molar-refractivity contribution in [3.05, 3.63) is 20.8 Å². The molecule has 0 bridgehead atoms. The number of thiophene rings is 1. The van der Waals surface area contributed by atoms with E-state index in [-0.39, 0.29) is 12.4 Å². The molecule has 0 N–H and O–H groups in total. The number of hydrogen-bond donors (Lipinski definition) is 0. The first-order valence-corrected chi connectivity index (χ1v) is 6.27. The van der Waals surface area contributed by atoms with E-state index in [0.717, 1.165) is 22.2 Å². The van der Waals surface area contributed by atoms with Crippen LogP contribution >= 0.6 is 27.3 Å². The van der Waals surface area contributed by atoms with Crippen LogP contribution in [-0.4, -0.2) is 19.0 Å². The molecule has 0 saturated heterocycles. The van der Waals surface area contributed by atoms with E-state index in [0.29, 0.717) is 6.61 Å². The highest BCUT2D eigenvalue weighted by molar-refractivity contribution is 9.10. The van der Waals surface area contributed by atoms with E-state index in [2.05, 4.69) is 22.9 Å². The van der Waals surface area contributed by atoms with Gasteiger partial charge in [-0.25, -0.2) is 0 Å². The second-order valence-electron chi connectivity index (χ2n) is 2.93. The lowest BCUT2D eigenvalue weighted by atomic mass is 10.3. The van der Waals surface area contributed by atoms with Gasteiger partial charge in [-0.3, -0.25) is 4.79 Å². The second-order valence-corrected chi connectivity index (χ2v) is 4.70. The molecular weight excluding hydrogens is 264 g/mol. The molecule has 0 fully saturated rings. The SMILES string of the molecule is CCCCOCC(=O)c1sccc1Br. The van der Waals surface area contributed by atoms with Crippen molar-refractivity contribution >= 4 is 33.0 Å². The highest BCUT2D eigenvalue weighted by atomic mass is 79.9. The van der Waals surface area contributed by atoms with Gasteiger partial charge in [-0.05, 0) is 33.8 Å². The maximum Gasteiger partial charge on any atom is 0.199 e. The molecule has 0 saturated carbocycles. The minimum atomic E-state index is 0.0583. The zero-order valence-corrected chi connectivity index (χ0v) is 10.5. The summed E-state index contributed by atoms with van der Waals surface area (Å²) in [5, 5.41) is 1.89. The van der Waals surface area contributed by atoms with Crippen LogP contribution in [0.15, 0.2) is 15.9 Å². The quantitative estimate of drug-likeness (QED) is 0.587. The van der Waals surface area contributed by atoms with Gasteiger partial charge in [-0.1, -0.05) is 13.3 Å². The van der Waals surface area contributed by atoms with Crippen molar-refractivity contribution in [1.82, 2.24) is 0 Å². The van der Waals surface area contributed by atoms with Crippen molar-refractivity contribution in [3.63, 3.8) is 0 Å². The van der Waals surface area contributed by atoms with Crippen molar-refractivity contribution in [2.75, 3.05) is 13.2 Å². The fraction of sp³-hybridized carbons (Fsp3) is 0.500. The van der Waals surface area contributed by atoms with Gasteiger partial charge in [0, 0.05) is 11.1 Å². The number of Topliss-reactive ketones (excluding diaryl/α,β-unsaturated/α-hetero) is 1. The zero-order chi connectivity index (χ0) is 10.4. The molecule has 0 spiro atoms. The lowest BCUT2D eigenvalue weighted by Gasteiger charge is -2.01. The summed E-state index contributed by atoms with van der Waals surface area (Å²) in [4.78, 5) is 12.3. The molecule has 0 aromatic carbocycles. The number of carbonyl (C=O) groups is 1. The standard InChI is InChI=1S/C10H13BrO2S/c1-2-3-5-13-7-9(12)10-8(11)4-6-14-10/h4,6H,2-3,5,7H2,1H3. The van der Waals surface area contributed by atoms with Crippen LogP contribution in [0.4, 0.5) is 0 Å². The van der Waals surface area contributed by atoms with Crippen molar-refractivity contribution in [3.8, 4) is 0 Å². The molecule has 4 heteroatoms. The molecule has 0 aliphatic heterocycles. The Kier molecular flexibility index (Phi) is 5.37. The largest absolute Gasteiger partial charge is 0.373 e. The zero-order valence-electron chi connectivity index (χ0n) is 8.09. The first-order valence-electron chi connectivity index (χ1n) is 4.59. The average molecular weight is 277 g/mol. The fourth-order valence-corrected chi connectivity index (χ4v) is 2.49. The molecule has 0 atom stereocenters. The van der Waals surface area contributed by atoms with Gasteiger partial charge in [-0.15, -0.1) is 11.3 Å². The summed E-state index contributed by atoms with van der Waals surface area (Å²) in [6, 6.07) is 1.88. The normalized spacial score (nSPS) is 10.4. The lowest BCUT2D eigenvalue weighted by molar-refractivity contribution is 0.0758. The lowest BCUT2D eigenvalue weighted by Crippen LogP contribution is -2.08. The molecular formula is C10H13BrO2S. The molecule has 0 aliphatic carbocycles. The molecule has 14 heavy (non-hydrogen) atoms. The van der Waals surface area contributed by atoms with Gasteiger partial charge in [0.2, 0.25) is 0 Å². The highest BCUT2D eigenvalue weighted by Gasteiger charge is 2.10. The molecule has 1 aromatic rings. The topological polar surface area (TPSA) is 26.3 Å². The summed E-state index contributed by atoms with van der Waals surface area (Å²) in [7, 11) is 0. The van der Waals surface area contributed by atoms with Crippen LogP contribution in [-0.2, 0) is 4.74 Å². The first-order chi connectivity index (χ1) is 6.75. The molecule has 2 nitrogen and oxygen atoms in total. The predicted molar refractivity (Wildman–Crippen MR) is 62.1 cm³/mol. The van der Waals surface area contributed by atoms with Crippen molar-refractivity contribution in [2.24, 2.45) is 0 Å². The third kappa shape index (κ3) is 3.52. The number of carbonyl (C=O) groups excluding carboxylic acids is 1. The first kappa shape index (κ1) is 11.9. The Morgan fingerprint density at radius 3 is 3.00 bits per heavy atom. The Labute approximate surface area is 96.4 Å². The van der Waals surface area contributed by atoms with Crippen LogP contribution in [0.2, 0.25) is 0 Å². The van der Waals surface area contributed by atoms with Gasteiger partial charge in [0.15, 0.2) is 5.78 Å². The summed E-state index contributed by atoms with van der Waals surface area (Å²) in [6.45, 7) is 2.96. The van der Waals surface area contributed by atoms with Crippen LogP contribution < -0.4 is 0 Å². The second kappa shape index (κ2) is 6.32. The number of halogens is 1. The minimum absolute atomic E-state index is 0.0583. The van der Waals surface area contributed by atoms with Crippen molar-refractivity contribution in [1.29, 1.82) is 0 Å². The molecule has 1 rings (SSSR count). The average Bonchev–Trinajstić information content (AvgIpc) is 2.59. The molecule has 0 radical (unpaired) electrons. The molecule has 78 valence electrons. The summed E-state index contributed by atoms with van der Waals surface area (Å²) < 4.78 is 6.12. The third-order valence-corrected chi connectivity index (χ3v) is 3.62. The number of ether oxygens (including phenoxy) is 1. The smallest absolute Gasteiger partial charge is 0.199 e. The van der Waals surface area contributed by atoms with E-state index < -0.39 is 0 Å². The van der Waals surface area contributed by atoms with Gasteiger partial charge < -0.3 is 4.74 Å². The Morgan fingerprint density at radius 2 is 2.43 bits per heavy atom. The monoisotopic (exact) mass is 276 g/mol. The Bertz CT molecular complexity index is 296. The van der Waals surface area contributed by atoms with Crippen LogP contribution in [0.1, 0.15) is 29.4 Å². The Morgan fingerprint density at radius 1 is 1.64 bits per heavy atom. The number of hydrogen-bond acceptors (Lipinski definition) is 3. The fourth-order valence-electron chi connectivity index (χ4n) is 0.970. The molecule has 0 amide bonds. The van der Waals surface area contributed by atoms with E-state index in [9.17, 15) is 4.79 Å². The highest BCUT2D eigenvalue weighted by Crippen LogP contribution is 2.22. The molecule has 1 aromatic heterocycles. The van der Waals surface area contributed by atoms with E-state index in [1.54, 1.807) is 0 Å². The maximum atomic E-state index is 11.5. The van der Waals surface area contributed by atoms with E-state index in [1.165, 1.54) is 11.3 Å². The van der Waals surface area contributed by atoms with Gasteiger partial charge in [-0.2, -0.15) is 0 Å². The van der Waals surface area contributed by atoms with Gasteiger partial charge in [0.05, 0.1) is 4.88 Å².